The van der Waals surface area contributed by atoms with E-state index in [9.17, 15) is 4.79 Å². The summed E-state index contributed by atoms with van der Waals surface area (Å²) in [5.74, 6) is 0.196. The first kappa shape index (κ1) is 16.0. The van der Waals surface area contributed by atoms with E-state index >= 15 is 0 Å². The topological polar surface area (TPSA) is 32.3 Å². The van der Waals surface area contributed by atoms with Crippen molar-refractivity contribution in [2.24, 2.45) is 0 Å². The van der Waals surface area contributed by atoms with E-state index in [1.165, 1.54) is 0 Å². The van der Waals surface area contributed by atoms with Gasteiger partial charge in [0.25, 0.3) is 5.91 Å². The molecular formula is C15H23ClN2O. The average molecular weight is 283 g/mol. The molecule has 0 atom stereocenters. The molecule has 0 saturated carbocycles. The van der Waals surface area contributed by atoms with Crippen molar-refractivity contribution in [1.82, 2.24) is 10.2 Å². The Kier molecular flexibility index (Phi) is 6.32. The van der Waals surface area contributed by atoms with Crippen LogP contribution < -0.4 is 5.32 Å². The van der Waals surface area contributed by atoms with Crippen molar-refractivity contribution in [2.45, 2.75) is 32.2 Å². The van der Waals surface area contributed by atoms with Crippen molar-refractivity contribution in [2.75, 3.05) is 20.1 Å². The maximum absolute atomic E-state index is 12.5. The predicted octanol–water partition coefficient (Wildman–Crippen LogP) is 2.49. The highest BCUT2D eigenvalue weighted by Crippen LogP contribution is 2.16. The van der Waals surface area contributed by atoms with E-state index in [1.807, 2.05) is 36.2 Å². The minimum absolute atomic E-state index is 0. The van der Waals surface area contributed by atoms with E-state index < -0.39 is 0 Å². The summed E-state index contributed by atoms with van der Waals surface area (Å²) in [7, 11) is 1.99. The van der Waals surface area contributed by atoms with Gasteiger partial charge >= 0.3 is 0 Å². The summed E-state index contributed by atoms with van der Waals surface area (Å²) in [6.45, 7) is 3.82. The molecule has 0 unspecified atom stereocenters. The van der Waals surface area contributed by atoms with Crippen LogP contribution in [0, 0.1) is 0 Å². The van der Waals surface area contributed by atoms with Gasteiger partial charge in [0.1, 0.15) is 0 Å². The maximum atomic E-state index is 12.5. The Morgan fingerprint density at radius 3 is 2.53 bits per heavy atom. The lowest BCUT2D eigenvalue weighted by Gasteiger charge is -2.32. The van der Waals surface area contributed by atoms with Gasteiger partial charge in [-0.3, -0.25) is 4.79 Å². The van der Waals surface area contributed by atoms with E-state index in [-0.39, 0.29) is 18.3 Å². The van der Waals surface area contributed by atoms with Gasteiger partial charge in [0, 0.05) is 24.7 Å². The molecule has 4 heteroatoms. The summed E-state index contributed by atoms with van der Waals surface area (Å²) in [6, 6.07) is 8.52. The first-order chi connectivity index (χ1) is 8.76. The quantitative estimate of drug-likeness (QED) is 0.924. The molecule has 0 aliphatic carbocycles. The SMILES string of the molecule is CCc1ccccc1C(=O)N1CCC(NC)CC1.Cl. The average Bonchev–Trinajstić information content (AvgIpc) is 2.46. The lowest BCUT2D eigenvalue weighted by Crippen LogP contribution is -2.44. The second kappa shape index (κ2) is 7.51. The van der Waals surface area contributed by atoms with Gasteiger partial charge in [-0.2, -0.15) is 0 Å². The third-order valence-electron chi connectivity index (χ3n) is 3.82. The monoisotopic (exact) mass is 282 g/mol. The molecule has 0 spiro atoms. The van der Waals surface area contributed by atoms with Crippen LogP contribution in [0.2, 0.25) is 0 Å². The van der Waals surface area contributed by atoms with Gasteiger partial charge in [0.05, 0.1) is 0 Å². The van der Waals surface area contributed by atoms with Gasteiger partial charge in [-0.25, -0.2) is 0 Å². The minimum atomic E-state index is 0. The summed E-state index contributed by atoms with van der Waals surface area (Å²) >= 11 is 0. The number of carbonyl (C=O) groups excluding carboxylic acids is 1. The number of nitrogens with one attached hydrogen (secondary N) is 1. The maximum Gasteiger partial charge on any atom is 0.254 e. The molecule has 1 heterocycles. The minimum Gasteiger partial charge on any atom is -0.339 e. The fraction of sp³-hybridized carbons (Fsp3) is 0.533. The highest BCUT2D eigenvalue weighted by Gasteiger charge is 2.23. The van der Waals surface area contributed by atoms with E-state index in [0.29, 0.717) is 6.04 Å². The Labute approximate surface area is 121 Å². The third kappa shape index (κ3) is 3.71. The molecule has 0 aromatic heterocycles. The summed E-state index contributed by atoms with van der Waals surface area (Å²) in [5, 5.41) is 3.29. The second-order valence-electron chi connectivity index (χ2n) is 4.87. The molecule has 1 N–H and O–H groups in total. The molecule has 1 aromatic rings. The Bertz CT molecular complexity index is 414. The van der Waals surface area contributed by atoms with Crippen molar-refractivity contribution in [1.29, 1.82) is 0 Å². The largest absolute Gasteiger partial charge is 0.339 e. The van der Waals surface area contributed by atoms with Crippen LogP contribution in [-0.4, -0.2) is 37.0 Å². The molecule has 106 valence electrons. The van der Waals surface area contributed by atoms with Gasteiger partial charge in [0.15, 0.2) is 0 Å². The number of aryl methyl sites for hydroxylation is 1. The van der Waals surface area contributed by atoms with Gasteiger partial charge in [-0.15, -0.1) is 12.4 Å². The first-order valence-corrected chi connectivity index (χ1v) is 6.80. The standard InChI is InChI=1S/C15H22N2O.ClH/c1-3-12-6-4-5-7-14(12)15(18)17-10-8-13(16-2)9-11-17;/h4-7,13,16H,3,8-11H2,1-2H3;1H. The third-order valence-corrected chi connectivity index (χ3v) is 3.82. The zero-order valence-electron chi connectivity index (χ0n) is 11.7. The smallest absolute Gasteiger partial charge is 0.254 e. The van der Waals surface area contributed by atoms with Crippen LogP contribution in [0.5, 0.6) is 0 Å². The molecule has 1 aliphatic heterocycles. The number of nitrogens with zero attached hydrogens (tertiary/aromatic N) is 1. The summed E-state index contributed by atoms with van der Waals surface area (Å²) in [4.78, 5) is 14.5. The van der Waals surface area contributed by atoms with Crippen molar-refractivity contribution in [3.8, 4) is 0 Å². The van der Waals surface area contributed by atoms with Crippen molar-refractivity contribution in [3.63, 3.8) is 0 Å². The van der Waals surface area contributed by atoms with Crippen molar-refractivity contribution in [3.05, 3.63) is 35.4 Å². The van der Waals surface area contributed by atoms with Crippen LogP contribution in [0.25, 0.3) is 0 Å². The Hall–Kier alpha value is -1.06. The molecular weight excluding hydrogens is 260 g/mol. The number of likely N-dealkylation sites (tertiary alicyclic amines) is 1. The van der Waals surface area contributed by atoms with Crippen LogP contribution >= 0.6 is 12.4 Å². The molecule has 3 nitrogen and oxygen atoms in total. The number of rotatable bonds is 3. The van der Waals surface area contributed by atoms with Crippen LogP contribution in [0.4, 0.5) is 0 Å². The lowest BCUT2D eigenvalue weighted by molar-refractivity contribution is 0.0706. The van der Waals surface area contributed by atoms with Crippen LogP contribution in [0.15, 0.2) is 24.3 Å². The summed E-state index contributed by atoms with van der Waals surface area (Å²) < 4.78 is 0. The Morgan fingerprint density at radius 2 is 1.95 bits per heavy atom. The number of benzene rings is 1. The number of piperidine rings is 1. The zero-order valence-corrected chi connectivity index (χ0v) is 12.5. The summed E-state index contributed by atoms with van der Waals surface area (Å²) in [6.07, 6.45) is 3.02. The van der Waals surface area contributed by atoms with Gasteiger partial charge in [0.2, 0.25) is 0 Å². The molecule has 19 heavy (non-hydrogen) atoms. The zero-order chi connectivity index (χ0) is 13.0. The molecule has 1 aromatic carbocycles. The number of hydrogen-bond acceptors (Lipinski definition) is 2. The van der Waals surface area contributed by atoms with Gasteiger partial charge in [-0.05, 0) is 37.9 Å². The fourth-order valence-corrected chi connectivity index (χ4v) is 2.58. The molecule has 1 aliphatic rings. The Morgan fingerprint density at radius 1 is 1.32 bits per heavy atom. The molecule has 1 amide bonds. The number of amides is 1. The lowest BCUT2D eigenvalue weighted by atomic mass is 10.0. The molecule has 2 rings (SSSR count). The second-order valence-corrected chi connectivity index (χ2v) is 4.87. The number of carbonyl (C=O) groups is 1. The number of hydrogen-bond donors (Lipinski definition) is 1. The van der Waals surface area contributed by atoms with Crippen LogP contribution in [0.1, 0.15) is 35.7 Å². The van der Waals surface area contributed by atoms with E-state index in [0.717, 1.165) is 43.5 Å². The highest BCUT2D eigenvalue weighted by molar-refractivity contribution is 5.95. The fourth-order valence-electron chi connectivity index (χ4n) is 2.58. The van der Waals surface area contributed by atoms with E-state index in [4.69, 9.17) is 0 Å². The predicted molar refractivity (Wildman–Crippen MR) is 81.1 cm³/mol. The van der Waals surface area contributed by atoms with Gasteiger partial charge < -0.3 is 10.2 Å². The highest BCUT2D eigenvalue weighted by atomic mass is 35.5. The summed E-state index contributed by atoms with van der Waals surface area (Å²) in [5.41, 5.74) is 2.03. The molecule has 0 radical (unpaired) electrons. The number of halogens is 1. The van der Waals surface area contributed by atoms with Gasteiger partial charge in [-0.1, -0.05) is 25.1 Å². The van der Waals surface area contributed by atoms with E-state index in [2.05, 4.69) is 12.2 Å². The molecule has 0 bridgehead atoms. The van der Waals surface area contributed by atoms with E-state index in [1.54, 1.807) is 0 Å². The first-order valence-electron chi connectivity index (χ1n) is 6.80. The van der Waals surface area contributed by atoms with Crippen LogP contribution in [0.3, 0.4) is 0 Å². The Balaban J connectivity index is 0.00000180. The molecule has 1 fully saturated rings. The molecule has 1 saturated heterocycles. The normalized spacial score (nSPS) is 16.0. The van der Waals surface area contributed by atoms with Crippen LogP contribution in [-0.2, 0) is 6.42 Å². The van der Waals surface area contributed by atoms with Crippen molar-refractivity contribution < 1.29 is 4.79 Å². The van der Waals surface area contributed by atoms with Crippen molar-refractivity contribution >= 4 is 18.3 Å².